The van der Waals surface area contributed by atoms with E-state index in [1.54, 1.807) is 19.1 Å². The predicted molar refractivity (Wildman–Crippen MR) is 75.2 cm³/mol. The van der Waals surface area contributed by atoms with Crippen LogP contribution in [0.2, 0.25) is 0 Å². The number of likely N-dealkylation sites (N-methyl/N-ethyl adjacent to an activating group) is 1. The number of fused-ring (bicyclic) bond motifs is 1. The van der Waals surface area contributed by atoms with Crippen LogP contribution in [0.1, 0.15) is 30.9 Å². The van der Waals surface area contributed by atoms with Crippen LogP contribution in [-0.4, -0.2) is 36.9 Å². The minimum atomic E-state index is -3.73. The van der Waals surface area contributed by atoms with Crippen molar-refractivity contribution in [2.45, 2.75) is 37.5 Å². The van der Waals surface area contributed by atoms with Gasteiger partial charge in [0.05, 0.1) is 4.90 Å². The highest BCUT2D eigenvalue weighted by molar-refractivity contribution is 7.89. The van der Waals surface area contributed by atoms with Gasteiger partial charge in [-0.15, -0.1) is 0 Å². The van der Waals surface area contributed by atoms with Crippen LogP contribution in [0.15, 0.2) is 23.1 Å². The van der Waals surface area contributed by atoms with Crippen LogP contribution in [0.3, 0.4) is 0 Å². The van der Waals surface area contributed by atoms with Crippen molar-refractivity contribution < 1.29 is 18.3 Å². The van der Waals surface area contributed by atoms with Crippen LogP contribution >= 0.6 is 0 Å². The molecule has 0 unspecified atom stereocenters. The zero-order valence-corrected chi connectivity index (χ0v) is 12.3. The molecule has 0 fully saturated rings. The Hall–Kier alpha value is -1.40. The molecule has 1 aromatic carbocycles. The average Bonchev–Trinajstić information content (AvgIpc) is 2.43. The molecule has 0 aromatic heterocycles. The van der Waals surface area contributed by atoms with E-state index in [9.17, 15) is 13.2 Å². The second-order valence-corrected chi connectivity index (χ2v) is 6.90. The van der Waals surface area contributed by atoms with E-state index in [1.165, 1.54) is 5.56 Å². The van der Waals surface area contributed by atoms with Crippen LogP contribution in [-0.2, 0) is 27.7 Å². The highest BCUT2D eigenvalue weighted by Crippen LogP contribution is 2.25. The summed E-state index contributed by atoms with van der Waals surface area (Å²) in [5.41, 5.74) is 2.28. The normalized spacial score (nSPS) is 15.1. The van der Waals surface area contributed by atoms with Crippen LogP contribution in [0.25, 0.3) is 0 Å². The summed E-state index contributed by atoms with van der Waals surface area (Å²) in [5, 5.41) is 8.81. The number of aliphatic carboxylic acids is 1. The average molecular weight is 297 g/mol. The van der Waals surface area contributed by atoms with E-state index in [1.807, 2.05) is 6.07 Å². The molecular formula is C14H19NO4S. The summed E-state index contributed by atoms with van der Waals surface area (Å²) in [6.45, 7) is 1.28. The third-order valence-corrected chi connectivity index (χ3v) is 5.54. The van der Waals surface area contributed by atoms with Crippen molar-refractivity contribution in [3.05, 3.63) is 29.3 Å². The first kappa shape index (κ1) is 15.0. The van der Waals surface area contributed by atoms with Crippen molar-refractivity contribution in [3.8, 4) is 0 Å². The van der Waals surface area contributed by atoms with Gasteiger partial charge in [-0.1, -0.05) is 13.0 Å². The second-order valence-electron chi connectivity index (χ2n) is 4.96. The van der Waals surface area contributed by atoms with Gasteiger partial charge in [0, 0.05) is 6.54 Å². The zero-order chi connectivity index (χ0) is 14.8. The van der Waals surface area contributed by atoms with Crippen LogP contribution in [0, 0.1) is 0 Å². The molecule has 0 bridgehead atoms. The molecule has 0 saturated carbocycles. The maximum atomic E-state index is 12.4. The molecule has 20 heavy (non-hydrogen) atoms. The van der Waals surface area contributed by atoms with Gasteiger partial charge in [-0.25, -0.2) is 8.42 Å². The molecule has 1 aliphatic carbocycles. The lowest BCUT2D eigenvalue weighted by atomic mass is 9.92. The molecule has 0 atom stereocenters. The van der Waals surface area contributed by atoms with Gasteiger partial charge >= 0.3 is 5.97 Å². The molecular weight excluding hydrogens is 278 g/mol. The molecule has 0 spiro atoms. The van der Waals surface area contributed by atoms with Crippen molar-refractivity contribution in [2.24, 2.45) is 0 Å². The molecule has 0 aliphatic heterocycles. The summed E-state index contributed by atoms with van der Waals surface area (Å²) in [6, 6.07) is 5.15. The Bertz CT molecular complexity index is 610. The molecule has 110 valence electrons. The molecule has 0 saturated heterocycles. The molecule has 6 heteroatoms. The van der Waals surface area contributed by atoms with Gasteiger partial charge in [0.1, 0.15) is 6.54 Å². The minimum absolute atomic E-state index is 0.145. The van der Waals surface area contributed by atoms with Crippen LogP contribution < -0.4 is 0 Å². The summed E-state index contributed by atoms with van der Waals surface area (Å²) in [6.07, 6.45) is 4.09. The maximum absolute atomic E-state index is 12.4. The number of nitrogens with zero attached hydrogens (tertiary/aromatic N) is 1. The van der Waals surface area contributed by atoms with Gasteiger partial charge in [0.2, 0.25) is 10.0 Å². The molecule has 1 aromatic rings. The summed E-state index contributed by atoms with van der Waals surface area (Å²) in [7, 11) is -3.73. The van der Waals surface area contributed by atoms with E-state index in [-0.39, 0.29) is 11.4 Å². The number of rotatable bonds is 5. The van der Waals surface area contributed by atoms with Crippen molar-refractivity contribution in [3.63, 3.8) is 0 Å². The van der Waals surface area contributed by atoms with Gasteiger partial charge in [-0.05, 0) is 48.9 Å². The number of sulfonamides is 1. The summed E-state index contributed by atoms with van der Waals surface area (Å²) in [5.74, 6) is -1.15. The van der Waals surface area contributed by atoms with Crippen molar-refractivity contribution in [2.75, 3.05) is 13.1 Å². The van der Waals surface area contributed by atoms with Gasteiger partial charge in [0.25, 0.3) is 0 Å². The fourth-order valence-electron chi connectivity index (χ4n) is 2.54. The zero-order valence-electron chi connectivity index (χ0n) is 11.5. The topological polar surface area (TPSA) is 74.7 Å². The molecule has 0 radical (unpaired) electrons. The molecule has 1 N–H and O–H groups in total. The quantitative estimate of drug-likeness (QED) is 0.897. The van der Waals surface area contributed by atoms with Gasteiger partial charge < -0.3 is 5.11 Å². The van der Waals surface area contributed by atoms with Crippen LogP contribution in [0.5, 0.6) is 0 Å². The van der Waals surface area contributed by atoms with Gasteiger partial charge in [0.15, 0.2) is 0 Å². The van der Waals surface area contributed by atoms with E-state index in [4.69, 9.17) is 5.11 Å². The second kappa shape index (κ2) is 5.93. The molecule has 1 aliphatic rings. The first-order chi connectivity index (χ1) is 9.45. The lowest BCUT2D eigenvalue weighted by Crippen LogP contribution is -2.35. The van der Waals surface area contributed by atoms with E-state index < -0.39 is 22.5 Å². The lowest BCUT2D eigenvalue weighted by molar-refractivity contribution is -0.137. The Labute approximate surface area is 119 Å². The first-order valence-electron chi connectivity index (χ1n) is 6.79. The maximum Gasteiger partial charge on any atom is 0.318 e. The van der Waals surface area contributed by atoms with E-state index in [0.29, 0.717) is 0 Å². The fourth-order valence-corrected chi connectivity index (χ4v) is 3.99. The standard InChI is InChI=1S/C14H19NO4S/c1-2-15(10-14(16)17)20(18,19)13-8-7-11-5-3-4-6-12(11)9-13/h7-9H,2-6,10H2,1H3,(H,16,17). The monoisotopic (exact) mass is 297 g/mol. The first-order valence-corrected chi connectivity index (χ1v) is 8.23. The summed E-state index contributed by atoms with van der Waals surface area (Å²) < 4.78 is 25.9. The number of hydrogen-bond donors (Lipinski definition) is 1. The van der Waals surface area contributed by atoms with Crippen molar-refractivity contribution in [1.29, 1.82) is 0 Å². The Morgan fingerprint density at radius 3 is 2.50 bits per heavy atom. The molecule has 0 heterocycles. The Kier molecular flexibility index (Phi) is 4.45. The third-order valence-electron chi connectivity index (χ3n) is 3.62. The number of benzene rings is 1. The number of carbonyl (C=O) groups is 1. The third kappa shape index (κ3) is 3.02. The lowest BCUT2D eigenvalue weighted by Gasteiger charge is -2.21. The Balaban J connectivity index is 2.35. The Morgan fingerprint density at radius 1 is 1.25 bits per heavy atom. The van der Waals surface area contributed by atoms with Crippen LogP contribution in [0.4, 0.5) is 0 Å². The van der Waals surface area contributed by atoms with E-state index >= 15 is 0 Å². The largest absolute Gasteiger partial charge is 0.480 e. The van der Waals surface area contributed by atoms with Gasteiger partial charge in [-0.2, -0.15) is 4.31 Å². The van der Waals surface area contributed by atoms with E-state index in [2.05, 4.69) is 0 Å². The highest BCUT2D eigenvalue weighted by Gasteiger charge is 2.26. The smallest absolute Gasteiger partial charge is 0.318 e. The molecule has 0 amide bonds. The molecule has 5 nitrogen and oxygen atoms in total. The number of hydrogen-bond acceptors (Lipinski definition) is 3. The summed E-state index contributed by atoms with van der Waals surface area (Å²) in [4.78, 5) is 11.0. The molecule has 2 rings (SSSR count). The van der Waals surface area contributed by atoms with Gasteiger partial charge in [-0.3, -0.25) is 4.79 Å². The Morgan fingerprint density at radius 2 is 1.90 bits per heavy atom. The predicted octanol–water partition coefficient (Wildman–Crippen LogP) is 1.66. The number of carboxylic acids is 1. The minimum Gasteiger partial charge on any atom is -0.480 e. The number of carboxylic acid groups (broad SMARTS) is 1. The highest BCUT2D eigenvalue weighted by atomic mass is 32.2. The van der Waals surface area contributed by atoms with Crippen molar-refractivity contribution in [1.82, 2.24) is 4.31 Å². The fraction of sp³-hybridized carbons (Fsp3) is 0.500. The number of aryl methyl sites for hydroxylation is 2. The van der Waals surface area contributed by atoms with E-state index in [0.717, 1.165) is 35.6 Å². The summed E-state index contributed by atoms with van der Waals surface area (Å²) >= 11 is 0. The van der Waals surface area contributed by atoms with Crippen molar-refractivity contribution >= 4 is 16.0 Å². The SMILES string of the molecule is CCN(CC(=O)O)S(=O)(=O)c1ccc2c(c1)CCCC2.